The Bertz CT molecular complexity index is 1100. The van der Waals surface area contributed by atoms with Gasteiger partial charge in [-0.15, -0.1) is 0 Å². The summed E-state index contributed by atoms with van der Waals surface area (Å²) in [5.41, 5.74) is 4.34. The summed E-state index contributed by atoms with van der Waals surface area (Å²) >= 11 is 0. The molecular weight excluding hydrogens is 476 g/mol. The Labute approximate surface area is 216 Å². The van der Waals surface area contributed by atoms with Crippen molar-refractivity contribution in [3.63, 3.8) is 0 Å². The lowest BCUT2D eigenvalue weighted by Crippen LogP contribution is -2.55. The van der Waals surface area contributed by atoms with Gasteiger partial charge in [0.1, 0.15) is 36.6 Å². The van der Waals surface area contributed by atoms with Crippen LogP contribution in [0.25, 0.3) is 0 Å². The van der Waals surface area contributed by atoms with Crippen LogP contribution < -0.4 is 5.32 Å². The van der Waals surface area contributed by atoms with E-state index in [1.54, 1.807) is 18.2 Å². The fourth-order valence-corrected chi connectivity index (χ4v) is 4.86. The van der Waals surface area contributed by atoms with E-state index in [0.717, 1.165) is 30.5 Å². The van der Waals surface area contributed by atoms with E-state index in [9.17, 15) is 30.5 Å². The van der Waals surface area contributed by atoms with Gasteiger partial charge in [0.2, 0.25) is 0 Å². The molecule has 6 N–H and O–H groups in total. The average molecular weight is 511 g/mol. The fourth-order valence-electron chi connectivity index (χ4n) is 4.86. The van der Waals surface area contributed by atoms with Gasteiger partial charge in [0.25, 0.3) is 0 Å². The highest BCUT2D eigenvalue weighted by Crippen LogP contribution is 2.40. The van der Waals surface area contributed by atoms with E-state index in [1.165, 1.54) is 18.4 Å². The minimum Gasteiger partial charge on any atom is -0.480 e. The van der Waals surface area contributed by atoms with Crippen LogP contribution in [-0.4, -0.2) is 75.1 Å². The summed E-state index contributed by atoms with van der Waals surface area (Å²) in [5.74, 6) is -0.0317. The van der Waals surface area contributed by atoms with Crippen LogP contribution in [0.5, 0.6) is 0 Å². The number of aliphatic hydroxyl groups is 4. The molecule has 2 saturated heterocycles. The summed E-state index contributed by atoms with van der Waals surface area (Å²) in [7, 11) is 0. The second kappa shape index (κ2) is 12.1. The van der Waals surface area contributed by atoms with E-state index in [1.807, 2.05) is 0 Å². The van der Waals surface area contributed by atoms with E-state index in [-0.39, 0.29) is 6.04 Å². The maximum atomic E-state index is 10.4. The molecule has 198 valence electrons. The smallest absolute Gasteiger partial charge is 0.320 e. The molecule has 0 bridgehead atoms. The molecule has 5 rings (SSSR count). The second-order valence-electron chi connectivity index (χ2n) is 9.96. The molecule has 6 unspecified atom stereocenters. The van der Waals surface area contributed by atoms with Crippen LogP contribution in [0.3, 0.4) is 0 Å². The van der Waals surface area contributed by atoms with Gasteiger partial charge in [-0.1, -0.05) is 36.4 Å². The zero-order valence-electron chi connectivity index (χ0n) is 20.5. The topological polar surface area (TPSA) is 163 Å². The van der Waals surface area contributed by atoms with E-state index in [4.69, 9.17) is 9.84 Å². The number of nitrogens with one attached hydrogen (secondary N) is 1. The standard InChI is InChI=1S/C23H25NO5.C5H9NO2/c24-11-17-8-7-16(23-22(28)21(27)20(26)19(12-25)29-23)10-18(17)9-13-1-3-14(4-2-13)15-5-6-15;7-5(8)4-2-1-3-6-4/h1-4,7-8,10,15,19-23,25-28H,5-6,9,12H2;4,6H,1-3H2,(H,7,8). The Balaban J connectivity index is 0.000000342. The molecule has 2 aliphatic heterocycles. The lowest BCUT2D eigenvalue weighted by atomic mass is 9.89. The van der Waals surface area contributed by atoms with Crippen LogP contribution in [0.2, 0.25) is 0 Å². The molecule has 0 radical (unpaired) electrons. The minimum atomic E-state index is -1.43. The van der Waals surface area contributed by atoms with Crippen molar-refractivity contribution in [2.24, 2.45) is 0 Å². The fraction of sp³-hybridized carbons (Fsp3) is 0.500. The monoisotopic (exact) mass is 510 g/mol. The van der Waals surface area contributed by atoms with E-state index < -0.39 is 43.1 Å². The second-order valence-corrected chi connectivity index (χ2v) is 9.96. The first-order valence-electron chi connectivity index (χ1n) is 12.7. The number of ether oxygens (including phenoxy) is 1. The maximum absolute atomic E-state index is 10.4. The molecule has 2 aromatic carbocycles. The summed E-state index contributed by atoms with van der Waals surface area (Å²) in [6.07, 6.45) is -1.20. The molecule has 37 heavy (non-hydrogen) atoms. The van der Waals surface area contributed by atoms with E-state index in [2.05, 4.69) is 35.7 Å². The van der Waals surface area contributed by atoms with Crippen LogP contribution in [0.15, 0.2) is 42.5 Å². The summed E-state index contributed by atoms with van der Waals surface area (Å²) < 4.78 is 5.65. The zero-order chi connectivity index (χ0) is 26.5. The molecule has 0 spiro atoms. The minimum absolute atomic E-state index is 0.269. The van der Waals surface area contributed by atoms with Gasteiger partial charge in [-0.2, -0.15) is 5.26 Å². The molecule has 9 heteroatoms. The third-order valence-electron chi connectivity index (χ3n) is 7.25. The highest BCUT2D eigenvalue weighted by Gasteiger charge is 2.44. The quantitative estimate of drug-likeness (QED) is 0.337. The summed E-state index contributed by atoms with van der Waals surface area (Å²) in [5, 5.41) is 60.5. The van der Waals surface area contributed by atoms with Crippen LogP contribution >= 0.6 is 0 Å². The Morgan fingerprint density at radius 2 is 1.70 bits per heavy atom. The first-order valence-corrected chi connectivity index (χ1v) is 12.7. The Kier molecular flexibility index (Phi) is 8.92. The lowest BCUT2D eigenvalue weighted by molar-refractivity contribution is -0.231. The largest absolute Gasteiger partial charge is 0.480 e. The number of carboxylic acids is 1. The van der Waals surface area contributed by atoms with Crippen LogP contribution in [0.1, 0.15) is 65.5 Å². The lowest BCUT2D eigenvalue weighted by Gasteiger charge is -2.40. The van der Waals surface area contributed by atoms with Gasteiger partial charge in [-0.3, -0.25) is 4.79 Å². The molecule has 9 nitrogen and oxygen atoms in total. The normalized spacial score (nSPS) is 29.2. The number of hydrogen-bond acceptors (Lipinski definition) is 8. The van der Waals surface area contributed by atoms with Crippen molar-refractivity contribution in [3.8, 4) is 6.07 Å². The number of benzene rings is 2. The van der Waals surface area contributed by atoms with Gasteiger partial charge in [0, 0.05) is 0 Å². The molecule has 0 amide bonds. The maximum Gasteiger partial charge on any atom is 0.320 e. The van der Waals surface area contributed by atoms with Crippen molar-refractivity contribution >= 4 is 5.97 Å². The number of nitrogens with zero attached hydrogens (tertiary/aromatic N) is 1. The van der Waals surface area contributed by atoms with Crippen molar-refractivity contribution in [1.29, 1.82) is 5.26 Å². The number of aliphatic hydroxyl groups excluding tert-OH is 4. The van der Waals surface area contributed by atoms with Gasteiger partial charge in [0.05, 0.1) is 18.2 Å². The number of carboxylic acid groups (broad SMARTS) is 1. The van der Waals surface area contributed by atoms with Crippen LogP contribution in [-0.2, 0) is 16.0 Å². The van der Waals surface area contributed by atoms with Crippen molar-refractivity contribution in [1.82, 2.24) is 5.32 Å². The molecule has 0 aromatic heterocycles. The number of hydrogen-bond donors (Lipinski definition) is 6. The molecule has 3 fully saturated rings. The average Bonchev–Trinajstić information content (AvgIpc) is 3.60. The number of carbonyl (C=O) groups is 1. The van der Waals surface area contributed by atoms with Crippen LogP contribution in [0, 0.1) is 11.3 Å². The van der Waals surface area contributed by atoms with E-state index in [0.29, 0.717) is 23.5 Å². The predicted octanol–water partition coefficient (Wildman–Crippen LogP) is 1.36. The predicted molar refractivity (Wildman–Crippen MR) is 134 cm³/mol. The number of aliphatic carboxylic acids is 1. The SMILES string of the molecule is N#Cc1ccc(C2OC(CO)C(O)C(O)C2O)cc1Cc1ccc(C2CC2)cc1.O=C(O)C1CCCN1. The Morgan fingerprint density at radius 1 is 1.00 bits per heavy atom. The molecule has 6 atom stereocenters. The van der Waals surface area contributed by atoms with Gasteiger partial charge in [0.15, 0.2) is 0 Å². The number of rotatable bonds is 6. The van der Waals surface area contributed by atoms with Gasteiger partial charge in [-0.25, -0.2) is 0 Å². The highest BCUT2D eigenvalue weighted by atomic mass is 16.5. The third-order valence-corrected chi connectivity index (χ3v) is 7.25. The molecule has 3 aliphatic rings. The van der Waals surface area contributed by atoms with Crippen LogP contribution in [0.4, 0.5) is 0 Å². The summed E-state index contributed by atoms with van der Waals surface area (Å²) in [6.45, 7) is 0.384. The van der Waals surface area contributed by atoms with Gasteiger partial charge in [-0.05, 0) is 72.9 Å². The number of nitriles is 1. The Morgan fingerprint density at radius 3 is 2.24 bits per heavy atom. The molecule has 2 heterocycles. The zero-order valence-corrected chi connectivity index (χ0v) is 20.5. The highest BCUT2D eigenvalue weighted by molar-refractivity contribution is 5.73. The molecule has 2 aromatic rings. The van der Waals surface area contributed by atoms with Crippen molar-refractivity contribution < 1.29 is 35.1 Å². The third kappa shape index (κ3) is 6.54. The van der Waals surface area contributed by atoms with Crippen molar-refractivity contribution in [3.05, 3.63) is 70.3 Å². The Hall–Kier alpha value is -2.84. The summed E-state index contributed by atoms with van der Waals surface area (Å²) in [4.78, 5) is 10.1. The van der Waals surface area contributed by atoms with E-state index >= 15 is 0 Å². The van der Waals surface area contributed by atoms with Gasteiger partial charge >= 0.3 is 5.97 Å². The molecular formula is C28H34N2O7. The van der Waals surface area contributed by atoms with Gasteiger partial charge < -0.3 is 35.6 Å². The first kappa shape index (κ1) is 27.2. The van der Waals surface area contributed by atoms with Crippen molar-refractivity contribution in [2.75, 3.05) is 13.2 Å². The molecule has 1 aliphatic carbocycles. The molecule has 1 saturated carbocycles. The van der Waals surface area contributed by atoms with Crippen molar-refractivity contribution in [2.45, 2.75) is 74.6 Å². The first-order chi connectivity index (χ1) is 17.8. The summed E-state index contributed by atoms with van der Waals surface area (Å²) in [6, 6.07) is 15.5.